The number of aromatic nitrogens is 2. The summed E-state index contributed by atoms with van der Waals surface area (Å²) in [6.45, 7) is 1.53. The Bertz CT molecular complexity index is 687. The van der Waals surface area contributed by atoms with Crippen LogP contribution < -0.4 is 4.74 Å². The van der Waals surface area contributed by atoms with Crippen LogP contribution in [0.15, 0.2) is 30.6 Å². The highest BCUT2D eigenvalue weighted by atomic mass is 16.6. The number of rotatable bonds is 4. The Morgan fingerprint density at radius 3 is 2.80 bits per heavy atom. The van der Waals surface area contributed by atoms with E-state index in [1.165, 1.54) is 31.3 Å². The molecule has 1 heterocycles. The lowest BCUT2D eigenvalue weighted by atomic mass is 10.2. The van der Waals surface area contributed by atoms with Gasteiger partial charge in [-0.3, -0.25) is 15.1 Å². The maximum absolute atomic E-state index is 10.8. The fraction of sp³-hybridized carbons (Fsp3) is 0.0833. The van der Waals surface area contributed by atoms with E-state index in [1.54, 1.807) is 0 Å². The summed E-state index contributed by atoms with van der Waals surface area (Å²) in [5, 5.41) is 19.6. The van der Waals surface area contributed by atoms with Gasteiger partial charge in [0.25, 0.3) is 5.69 Å². The van der Waals surface area contributed by atoms with Crippen LogP contribution in [0.25, 0.3) is 0 Å². The van der Waals surface area contributed by atoms with E-state index in [9.17, 15) is 14.9 Å². The Morgan fingerprint density at radius 2 is 2.15 bits per heavy atom. The molecule has 0 aliphatic rings. The molecule has 0 radical (unpaired) electrons. The molecule has 0 bridgehead atoms. The molecule has 0 amide bonds. The number of aromatic carboxylic acids is 1. The van der Waals surface area contributed by atoms with Crippen molar-refractivity contribution in [3.63, 3.8) is 0 Å². The predicted octanol–water partition coefficient (Wildman–Crippen LogP) is 2.18. The molecule has 1 aromatic heterocycles. The number of carboxylic acid groups (broad SMARTS) is 1. The second kappa shape index (κ2) is 5.31. The molecule has 0 atom stereocenters. The van der Waals surface area contributed by atoms with Crippen LogP contribution in [-0.4, -0.2) is 26.0 Å². The molecule has 0 aliphatic heterocycles. The molecule has 1 aromatic carbocycles. The second-order valence-corrected chi connectivity index (χ2v) is 3.81. The van der Waals surface area contributed by atoms with Crippen molar-refractivity contribution in [3.05, 3.63) is 52.0 Å². The van der Waals surface area contributed by atoms with Crippen LogP contribution in [0.3, 0.4) is 0 Å². The van der Waals surface area contributed by atoms with E-state index in [-0.39, 0.29) is 23.0 Å². The molecule has 2 aromatic rings. The van der Waals surface area contributed by atoms with Crippen LogP contribution in [0.2, 0.25) is 0 Å². The summed E-state index contributed by atoms with van der Waals surface area (Å²) in [5.41, 5.74) is -0.0459. The maximum Gasteiger partial charge on any atom is 0.356 e. The zero-order valence-corrected chi connectivity index (χ0v) is 10.3. The Balaban J connectivity index is 2.35. The number of nitro benzene ring substituents is 1. The standard InChI is InChI=1S/C12H9N3O5/c1-7-9(15(18)19)3-2-4-10(7)20-11-6-13-5-8(14-11)12(16)17/h2-6H,1H3,(H,16,17). The van der Waals surface area contributed by atoms with E-state index in [0.29, 0.717) is 5.56 Å². The molecular formula is C12H9N3O5. The number of hydrogen-bond donors (Lipinski definition) is 1. The van der Waals surface area contributed by atoms with Crippen LogP contribution in [-0.2, 0) is 0 Å². The van der Waals surface area contributed by atoms with Gasteiger partial charge in [-0.1, -0.05) is 6.07 Å². The van der Waals surface area contributed by atoms with Gasteiger partial charge < -0.3 is 9.84 Å². The molecular weight excluding hydrogens is 266 g/mol. The molecule has 0 aliphatic carbocycles. The molecule has 0 saturated heterocycles. The van der Waals surface area contributed by atoms with E-state index < -0.39 is 10.9 Å². The highest BCUT2D eigenvalue weighted by Crippen LogP contribution is 2.29. The van der Waals surface area contributed by atoms with E-state index >= 15 is 0 Å². The molecule has 8 nitrogen and oxygen atoms in total. The third-order valence-corrected chi connectivity index (χ3v) is 2.50. The molecule has 1 N–H and O–H groups in total. The van der Waals surface area contributed by atoms with Crippen molar-refractivity contribution in [3.8, 4) is 11.6 Å². The Morgan fingerprint density at radius 1 is 1.40 bits per heavy atom. The lowest BCUT2D eigenvalue weighted by Gasteiger charge is -2.07. The van der Waals surface area contributed by atoms with Crippen LogP contribution in [0.1, 0.15) is 16.1 Å². The molecule has 0 unspecified atom stereocenters. The van der Waals surface area contributed by atoms with E-state index in [4.69, 9.17) is 9.84 Å². The Kier molecular flexibility index (Phi) is 3.56. The Labute approximate surface area is 112 Å². The number of carboxylic acids is 1. The van der Waals surface area contributed by atoms with Gasteiger partial charge in [-0.15, -0.1) is 0 Å². The lowest BCUT2D eigenvalue weighted by molar-refractivity contribution is -0.385. The number of ether oxygens (including phenoxy) is 1. The summed E-state index contributed by atoms with van der Waals surface area (Å²) in [6, 6.07) is 4.34. The van der Waals surface area contributed by atoms with Crippen molar-refractivity contribution >= 4 is 11.7 Å². The summed E-state index contributed by atoms with van der Waals surface area (Å²) < 4.78 is 5.35. The van der Waals surface area contributed by atoms with Crippen molar-refractivity contribution < 1.29 is 19.6 Å². The highest BCUT2D eigenvalue weighted by molar-refractivity contribution is 5.84. The minimum absolute atomic E-state index is 0.0477. The third-order valence-electron chi connectivity index (χ3n) is 2.50. The molecule has 2 rings (SSSR count). The minimum Gasteiger partial charge on any atom is -0.476 e. The fourth-order valence-corrected chi connectivity index (χ4v) is 1.52. The number of hydrogen-bond acceptors (Lipinski definition) is 6. The van der Waals surface area contributed by atoms with Gasteiger partial charge in [-0.05, 0) is 13.0 Å². The van der Waals surface area contributed by atoms with Gasteiger partial charge >= 0.3 is 5.97 Å². The largest absolute Gasteiger partial charge is 0.476 e. The molecule has 102 valence electrons. The number of nitrogens with zero attached hydrogens (tertiary/aromatic N) is 3. The van der Waals surface area contributed by atoms with Gasteiger partial charge in [0.2, 0.25) is 5.88 Å². The second-order valence-electron chi connectivity index (χ2n) is 3.81. The Hall–Kier alpha value is -3.03. The SMILES string of the molecule is Cc1c(Oc2cncc(C(=O)O)n2)cccc1[N+](=O)[O-]. The van der Waals surface area contributed by atoms with Crippen LogP contribution in [0.4, 0.5) is 5.69 Å². The van der Waals surface area contributed by atoms with Crippen LogP contribution in [0.5, 0.6) is 11.6 Å². The molecule has 0 spiro atoms. The van der Waals surface area contributed by atoms with Crippen molar-refractivity contribution in [1.82, 2.24) is 9.97 Å². The van der Waals surface area contributed by atoms with Crippen molar-refractivity contribution in [2.45, 2.75) is 6.92 Å². The summed E-state index contributed by atoms with van der Waals surface area (Å²) in [5.74, 6) is -1.07. The molecule has 0 fully saturated rings. The van der Waals surface area contributed by atoms with Gasteiger partial charge in [0.1, 0.15) is 5.75 Å². The smallest absolute Gasteiger partial charge is 0.356 e. The van der Waals surface area contributed by atoms with Crippen molar-refractivity contribution in [1.29, 1.82) is 0 Å². The monoisotopic (exact) mass is 275 g/mol. The summed E-state index contributed by atoms with van der Waals surface area (Å²) >= 11 is 0. The summed E-state index contributed by atoms with van der Waals surface area (Å²) in [6.07, 6.45) is 2.31. The summed E-state index contributed by atoms with van der Waals surface area (Å²) in [4.78, 5) is 28.5. The average molecular weight is 275 g/mol. The van der Waals surface area contributed by atoms with Gasteiger partial charge in [-0.2, -0.15) is 0 Å². The number of benzene rings is 1. The quantitative estimate of drug-likeness (QED) is 0.671. The van der Waals surface area contributed by atoms with Gasteiger partial charge in [-0.25, -0.2) is 9.78 Å². The number of nitro groups is 1. The fourth-order valence-electron chi connectivity index (χ4n) is 1.52. The lowest BCUT2D eigenvalue weighted by Crippen LogP contribution is -2.02. The first-order valence-corrected chi connectivity index (χ1v) is 5.46. The van der Waals surface area contributed by atoms with Gasteiger partial charge in [0.15, 0.2) is 5.69 Å². The van der Waals surface area contributed by atoms with Crippen LogP contribution >= 0.6 is 0 Å². The first-order valence-electron chi connectivity index (χ1n) is 5.46. The van der Waals surface area contributed by atoms with Crippen molar-refractivity contribution in [2.24, 2.45) is 0 Å². The van der Waals surface area contributed by atoms with E-state index in [0.717, 1.165) is 6.20 Å². The first kappa shape index (κ1) is 13.4. The van der Waals surface area contributed by atoms with Crippen LogP contribution in [0, 0.1) is 17.0 Å². The summed E-state index contributed by atoms with van der Waals surface area (Å²) in [7, 11) is 0. The van der Waals surface area contributed by atoms with Crippen molar-refractivity contribution in [2.75, 3.05) is 0 Å². The third kappa shape index (κ3) is 2.69. The van der Waals surface area contributed by atoms with Gasteiger partial charge in [0, 0.05) is 6.07 Å². The molecule has 20 heavy (non-hydrogen) atoms. The van der Waals surface area contributed by atoms with E-state index in [2.05, 4.69) is 9.97 Å². The zero-order valence-electron chi connectivity index (χ0n) is 10.3. The maximum atomic E-state index is 10.8. The average Bonchev–Trinajstić information content (AvgIpc) is 2.41. The minimum atomic E-state index is -1.24. The van der Waals surface area contributed by atoms with E-state index in [1.807, 2.05) is 0 Å². The zero-order chi connectivity index (χ0) is 14.7. The predicted molar refractivity (Wildman–Crippen MR) is 66.9 cm³/mol. The topological polar surface area (TPSA) is 115 Å². The number of carbonyl (C=O) groups is 1. The first-order chi connectivity index (χ1) is 9.49. The highest BCUT2D eigenvalue weighted by Gasteiger charge is 2.15. The normalized spacial score (nSPS) is 10.1. The molecule has 8 heteroatoms. The molecule has 0 saturated carbocycles. The van der Waals surface area contributed by atoms with Gasteiger partial charge in [0.05, 0.1) is 22.9 Å².